The first kappa shape index (κ1) is 23.8. The molecular formula is C26H21BF4O2. The van der Waals surface area contributed by atoms with Crippen molar-refractivity contribution in [1.82, 2.24) is 0 Å². The first-order valence-corrected chi connectivity index (χ1v) is 10.1. The molecule has 0 N–H and O–H groups in total. The number of para-hydroxylation sites is 1. The van der Waals surface area contributed by atoms with Crippen molar-refractivity contribution in [1.29, 1.82) is 0 Å². The van der Waals surface area contributed by atoms with Crippen LogP contribution in [0.15, 0.2) is 101 Å². The highest BCUT2D eigenvalue weighted by atomic mass is 19.5. The van der Waals surface area contributed by atoms with Crippen molar-refractivity contribution >= 4 is 19.4 Å². The first-order chi connectivity index (χ1) is 15.8. The van der Waals surface area contributed by atoms with Crippen molar-refractivity contribution in [2.45, 2.75) is 0 Å². The van der Waals surface area contributed by atoms with E-state index in [0.717, 1.165) is 39.5 Å². The molecule has 0 spiro atoms. The minimum absolute atomic E-state index is 0.835. The summed E-state index contributed by atoms with van der Waals surface area (Å²) >= 11 is 0. The number of halogens is 4. The summed E-state index contributed by atoms with van der Waals surface area (Å²) in [5.74, 6) is 2.52. The fraction of sp³-hybridized carbons (Fsp3) is 0.0385. The van der Waals surface area contributed by atoms with E-state index in [4.69, 9.17) is 9.15 Å². The van der Waals surface area contributed by atoms with E-state index in [0.29, 0.717) is 0 Å². The molecule has 0 unspecified atom stereocenters. The third-order valence-corrected chi connectivity index (χ3v) is 4.53. The topological polar surface area (TPSA) is 20.5 Å². The van der Waals surface area contributed by atoms with Crippen molar-refractivity contribution in [3.8, 4) is 28.4 Å². The molecule has 4 aromatic rings. The van der Waals surface area contributed by atoms with Gasteiger partial charge in [-0.1, -0.05) is 66.7 Å². The Morgan fingerprint density at radius 3 is 1.61 bits per heavy atom. The van der Waals surface area contributed by atoms with Crippen molar-refractivity contribution in [2.24, 2.45) is 0 Å². The summed E-state index contributed by atoms with van der Waals surface area (Å²) in [7, 11) is -4.31. The van der Waals surface area contributed by atoms with Crippen LogP contribution in [0.1, 0.15) is 11.1 Å². The fourth-order valence-electron chi connectivity index (χ4n) is 3.10. The summed E-state index contributed by atoms with van der Waals surface area (Å²) in [6, 6.07) is 32.4. The van der Waals surface area contributed by atoms with Crippen LogP contribution < -0.4 is 4.74 Å². The molecule has 0 radical (unpaired) electrons. The smallest absolute Gasteiger partial charge is 0.496 e. The zero-order valence-corrected chi connectivity index (χ0v) is 17.8. The number of ether oxygens (including phenoxy) is 1. The van der Waals surface area contributed by atoms with E-state index in [9.17, 15) is 17.3 Å². The van der Waals surface area contributed by atoms with E-state index < -0.39 is 7.25 Å². The van der Waals surface area contributed by atoms with E-state index in [1.807, 2.05) is 60.7 Å². The van der Waals surface area contributed by atoms with Gasteiger partial charge in [-0.3, -0.25) is 0 Å². The van der Waals surface area contributed by atoms with E-state index in [2.05, 4.69) is 48.6 Å². The van der Waals surface area contributed by atoms with Gasteiger partial charge in [0.05, 0.1) is 30.4 Å². The summed E-state index contributed by atoms with van der Waals surface area (Å²) in [5, 5.41) is 0. The Balaban J connectivity index is 0.000000555. The molecule has 0 bridgehead atoms. The Morgan fingerprint density at radius 1 is 0.667 bits per heavy atom. The monoisotopic (exact) mass is 452 g/mol. The summed E-state index contributed by atoms with van der Waals surface area (Å²) < 4.78 is 50.7. The van der Waals surface area contributed by atoms with Crippen LogP contribution in [-0.2, 0) is 0 Å². The normalized spacial score (nSPS) is 11.1. The van der Waals surface area contributed by atoms with Gasteiger partial charge in [0.25, 0.3) is 0 Å². The SMILES string of the molecule is COc1ccccc1/C=C/c1cc(-c2ccccc2)[o+]c(-c2ccccc2)c1.F[B-](F)(F)F. The van der Waals surface area contributed by atoms with Gasteiger partial charge in [0.15, 0.2) is 0 Å². The Bertz CT molecular complexity index is 1130. The van der Waals surface area contributed by atoms with Gasteiger partial charge in [0.1, 0.15) is 5.75 Å². The molecule has 0 saturated carbocycles. The van der Waals surface area contributed by atoms with Crippen LogP contribution in [0.3, 0.4) is 0 Å². The highest BCUT2D eigenvalue weighted by Crippen LogP contribution is 2.29. The van der Waals surface area contributed by atoms with E-state index in [1.165, 1.54) is 0 Å². The average molecular weight is 452 g/mol. The second-order valence-corrected chi connectivity index (χ2v) is 6.92. The molecule has 1 heterocycles. The van der Waals surface area contributed by atoms with Crippen LogP contribution in [0.4, 0.5) is 17.3 Å². The standard InChI is InChI=1S/C26H21O2.BF4/c1-27-24-15-9-8-14-23(24)17-16-20-18-25(21-10-4-2-5-11-21)28-26(19-20)22-12-6-3-7-13-22;2-1(3,4)5/h2-19H,1H3;/q+1;-1/b17-16+;. The van der Waals surface area contributed by atoms with Gasteiger partial charge in [-0.25, -0.2) is 4.42 Å². The summed E-state index contributed by atoms with van der Waals surface area (Å²) in [6.45, 7) is 0. The van der Waals surface area contributed by atoms with Gasteiger partial charge in [-0.15, -0.1) is 0 Å². The molecule has 0 saturated heterocycles. The molecule has 0 atom stereocenters. The molecule has 2 nitrogen and oxygen atoms in total. The zero-order chi connectivity index (χ0) is 23.7. The maximum absolute atomic E-state index is 9.75. The minimum Gasteiger partial charge on any atom is -0.496 e. The second kappa shape index (κ2) is 11.1. The van der Waals surface area contributed by atoms with Crippen LogP contribution >= 0.6 is 0 Å². The lowest BCUT2D eigenvalue weighted by molar-refractivity contribution is 0.368. The summed E-state index contributed by atoms with van der Waals surface area (Å²) in [6.07, 6.45) is 4.16. The molecule has 33 heavy (non-hydrogen) atoms. The van der Waals surface area contributed by atoms with Gasteiger partial charge in [-0.2, -0.15) is 0 Å². The van der Waals surface area contributed by atoms with Crippen LogP contribution in [0.5, 0.6) is 5.75 Å². The van der Waals surface area contributed by atoms with Crippen molar-refractivity contribution in [2.75, 3.05) is 7.11 Å². The molecule has 0 aliphatic rings. The molecule has 0 aliphatic heterocycles. The summed E-state index contributed by atoms with van der Waals surface area (Å²) in [4.78, 5) is 0. The zero-order valence-electron chi connectivity index (χ0n) is 17.8. The quantitative estimate of drug-likeness (QED) is 0.172. The number of benzene rings is 3. The lowest BCUT2D eigenvalue weighted by atomic mass is 10.1. The highest BCUT2D eigenvalue weighted by Gasteiger charge is 2.20. The molecule has 7 heteroatoms. The average Bonchev–Trinajstić information content (AvgIpc) is 2.83. The molecule has 1 aromatic heterocycles. The van der Waals surface area contributed by atoms with Crippen molar-refractivity contribution < 1.29 is 26.4 Å². The lowest BCUT2D eigenvalue weighted by Gasteiger charge is -2.03. The minimum atomic E-state index is -6.00. The number of hydrogen-bond donors (Lipinski definition) is 0. The molecular weight excluding hydrogens is 431 g/mol. The largest absolute Gasteiger partial charge is 0.673 e. The molecule has 0 aliphatic carbocycles. The van der Waals surface area contributed by atoms with Crippen LogP contribution in [0.2, 0.25) is 0 Å². The van der Waals surface area contributed by atoms with Gasteiger partial charge in [-0.05, 0) is 35.9 Å². The maximum Gasteiger partial charge on any atom is 0.673 e. The summed E-state index contributed by atoms with van der Waals surface area (Å²) in [5.41, 5.74) is 4.20. The molecule has 168 valence electrons. The Kier molecular flexibility index (Phi) is 8.03. The molecule has 0 amide bonds. The van der Waals surface area contributed by atoms with Crippen molar-refractivity contribution in [3.63, 3.8) is 0 Å². The third-order valence-electron chi connectivity index (χ3n) is 4.53. The Hall–Kier alpha value is -3.87. The van der Waals surface area contributed by atoms with E-state index in [-0.39, 0.29) is 0 Å². The number of hydrogen-bond acceptors (Lipinski definition) is 1. The van der Waals surface area contributed by atoms with Crippen LogP contribution in [0.25, 0.3) is 34.8 Å². The van der Waals surface area contributed by atoms with Gasteiger partial charge in [0, 0.05) is 5.56 Å². The predicted molar refractivity (Wildman–Crippen MR) is 126 cm³/mol. The predicted octanol–water partition coefficient (Wildman–Crippen LogP) is 8.37. The van der Waals surface area contributed by atoms with E-state index in [1.54, 1.807) is 7.11 Å². The van der Waals surface area contributed by atoms with Crippen LogP contribution in [0, 0.1) is 0 Å². The van der Waals surface area contributed by atoms with Crippen molar-refractivity contribution in [3.05, 3.63) is 108 Å². The number of methoxy groups -OCH3 is 1. The second-order valence-electron chi connectivity index (χ2n) is 6.92. The van der Waals surface area contributed by atoms with Gasteiger partial charge >= 0.3 is 18.8 Å². The van der Waals surface area contributed by atoms with Crippen LogP contribution in [-0.4, -0.2) is 14.4 Å². The molecule has 3 aromatic carbocycles. The van der Waals surface area contributed by atoms with E-state index >= 15 is 0 Å². The maximum atomic E-state index is 9.75. The Morgan fingerprint density at radius 2 is 1.12 bits per heavy atom. The highest BCUT2D eigenvalue weighted by molar-refractivity contribution is 6.50. The van der Waals surface area contributed by atoms with Gasteiger partial charge in [0.2, 0.25) is 0 Å². The molecule has 0 fully saturated rings. The first-order valence-electron chi connectivity index (χ1n) is 10.1. The fourth-order valence-corrected chi connectivity index (χ4v) is 3.10. The third kappa shape index (κ3) is 7.65. The molecule has 4 rings (SSSR count). The number of rotatable bonds is 5. The lowest BCUT2D eigenvalue weighted by Crippen LogP contribution is -2.02. The van der Waals surface area contributed by atoms with Gasteiger partial charge < -0.3 is 22.0 Å². The Labute approximate surface area is 189 Å².